The van der Waals surface area contributed by atoms with Crippen LogP contribution in [0.4, 0.5) is 0 Å². The summed E-state index contributed by atoms with van der Waals surface area (Å²) in [6.07, 6.45) is 0.860. The first-order chi connectivity index (χ1) is 12.0. The summed E-state index contributed by atoms with van der Waals surface area (Å²) in [5.74, 6) is -2.26. The summed E-state index contributed by atoms with van der Waals surface area (Å²) in [6.45, 7) is 1.07. The topological polar surface area (TPSA) is 74.7 Å². The highest BCUT2D eigenvalue weighted by molar-refractivity contribution is 7.92. The summed E-state index contributed by atoms with van der Waals surface area (Å²) < 4.78 is 23.9. The molecule has 1 unspecified atom stereocenters. The third-order valence-electron chi connectivity index (χ3n) is 4.53. The summed E-state index contributed by atoms with van der Waals surface area (Å²) in [5.41, 5.74) is 3.59. The molecule has 0 aliphatic carbocycles. The van der Waals surface area contributed by atoms with Crippen molar-refractivity contribution in [2.24, 2.45) is 0 Å². The van der Waals surface area contributed by atoms with E-state index < -0.39 is 21.6 Å². The van der Waals surface area contributed by atoms with E-state index in [9.17, 15) is 13.2 Å². The van der Waals surface area contributed by atoms with Crippen molar-refractivity contribution < 1.29 is 18.3 Å². The number of carboxylic acids is 1. The van der Waals surface area contributed by atoms with Crippen molar-refractivity contribution >= 4 is 15.8 Å². The first-order valence-electron chi connectivity index (χ1n) is 8.25. The highest BCUT2D eigenvalue weighted by Gasteiger charge is 2.29. The van der Waals surface area contributed by atoms with Crippen LogP contribution in [0.25, 0.3) is 0 Å². The fourth-order valence-electron chi connectivity index (χ4n) is 3.40. The van der Waals surface area contributed by atoms with E-state index in [0.29, 0.717) is 6.54 Å². The van der Waals surface area contributed by atoms with Crippen LogP contribution in [-0.4, -0.2) is 49.0 Å². The molecule has 1 N–H and O–H groups in total. The Morgan fingerprint density at radius 2 is 1.76 bits per heavy atom. The van der Waals surface area contributed by atoms with Crippen molar-refractivity contribution in [2.45, 2.75) is 12.5 Å². The second kappa shape index (κ2) is 7.37. The highest BCUT2D eigenvalue weighted by atomic mass is 32.2. The molecule has 5 nitrogen and oxygen atoms in total. The minimum atomic E-state index is -3.60. The van der Waals surface area contributed by atoms with Gasteiger partial charge in [0, 0.05) is 13.1 Å². The average molecular weight is 359 g/mol. The van der Waals surface area contributed by atoms with Crippen LogP contribution in [0.1, 0.15) is 22.7 Å². The van der Waals surface area contributed by atoms with Gasteiger partial charge in [-0.05, 0) is 23.1 Å². The lowest BCUT2D eigenvalue weighted by molar-refractivity contribution is -0.134. The number of carbonyl (C=O) groups is 1. The van der Waals surface area contributed by atoms with E-state index in [1.807, 2.05) is 42.5 Å². The summed E-state index contributed by atoms with van der Waals surface area (Å²) in [6, 6.07) is 18.2. The molecule has 0 amide bonds. The summed E-state index contributed by atoms with van der Waals surface area (Å²) in [7, 11) is -3.60. The van der Waals surface area contributed by atoms with E-state index >= 15 is 0 Å². The lowest BCUT2D eigenvalue weighted by Crippen LogP contribution is -2.39. The molecule has 2 aromatic rings. The van der Waals surface area contributed by atoms with Gasteiger partial charge in [0.15, 0.2) is 9.84 Å². The van der Waals surface area contributed by atoms with Gasteiger partial charge in [-0.25, -0.2) is 8.42 Å². The predicted octanol–water partition coefficient (Wildman–Crippen LogP) is 2.13. The summed E-state index contributed by atoms with van der Waals surface area (Å²) >= 11 is 0. The zero-order chi connectivity index (χ0) is 17.9. The number of benzene rings is 2. The molecule has 0 spiro atoms. The Labute approximate surface area is 147 Å². The Morgan fingerprint density at radius 3 is 2.48 bits per heavy atom. The van der Waals surface area contributed by atoms with Crippen LogP contribution in [0.15, 0.2) is 54.6 Å². The maximum Gasteiger partial charge on any atom is 0.318 e. The van der Waals surface area contributed by atoms with Crippen molar-refractivity contribution in [3.63, 3.8) is 0 Å². The summed E-state index contributed by atoms with van der Waals surface area (Å²) in [5, 5.41) is 8.75. The van der Waals surface area contributed by atoms with Crippen LogP contribution >= 0.6 is 0 Å². The van der Waals surface area contributed by atoms with Crippen LogP contribution in [0, 0.1) is 0 Å². The predicted molar refractivity (Wildman–Crippen MR) is 96.3 cm³/mol. The van der Waals surface area contributed by atoms with Crippen LogP contribution in [0.3, 0.4) is 0 Å². The molecule has 2 aromatic carbocycles. The zero-order valence-corrected chi connectivity index (χ0v) is 14.7. The average Bonchev–Trinajstić information content (AvgIpc) is 2.59. The smallest absolute Gasteiger partial charge is 0.318 e. The van der Waals surface area contributed by atoms with E-state index in [1.165, 1.54) is 11.1 Å². The number of carboxylic acid groups (broad SMARTS) is 1. The first-order valence-corrected chi connectivity index (χ1v) is 10.1. The van der Waals surface area contributed by atoms with E-state index in [4.69, 9.17) is 5.11 Å². The molecule has 6 heteroatoms. The Kier molecular flexibility index (Phi) is 5.20. The monoisotopic (exact) mass is 359 g/mol. The molecule has 1 aliphatic heterocycles. The molecule has 0 fully saturated rings. The van der Waals surface area contributed by atoms with Gasteiger partial charge in [-0.3, -0.25) is 9.69 Å². The number of sulfone groups is 1. The third-order valence-corrected chi connectivity index (χ3v) is 6.02. The number of aliphatic carboxylic acids is 1. The van der Waals surface area contributed by atoms with Crippen LogP contribution in [0.2, 0.25) is 0 Å². The van der Waals surface area contributed by atoms with Gasteiger partial charge in [-0.15, -0.1) is 0 Å². The van der Waals surface area contributed by atoms with Crippen LogP contribution in [0.5, 0.6) is 0 Å². The number of fused-ring (bicyclic) bond motifs is 1. The lowest BCUT2D eigenvalue weighted by atomic mass is 9.88. The molecule has 1 atom stereocenters. The van der Waals surface area contributed by atoms with Gasteiger partial charge in [0.1, 0.15) is 5.75 Å². The largest absolute Gasteiger partial charge is 0.480 e. The molecule has 1 aliphatic rings. The maximum absolute atomic E-state index is 12.0. The second-order valence-corrected chi connectivity index (χ2v) is 8.47. The van der Waals surface area contributed by atoms with Gasteiger partial charge in [0.2, 0.25) is 0 Å². The van der Waals surface area contributed by atoms with E-state index in [0.717, 1.165) is 18.5 Å². The molecule has 25 heavy (non-hydrogen) atoms. The zero-order valence-electron chi connectivity index (χ0n) is 13.8. The van der Waals surface area contributed by atoms with Crippen molar-refractivity contribution in [2.75, 3.05) is 24.6 Å². The molecule has 1 heterocycles. The first kappa shape index (κ1) is 17.6. The van der Waals surface area contributed by atoms with Crippen molar-refractivity contribution in [1.82, 2.24) is 4.90 Å². The van der Waals surface area contributed by atoms with E-state index in [2.05, 4.69) is 17.0 Å². The molecule has 132 valence electrons. The lowest BCUT2D eigenvalue weighted by Gasteiger charge is -2.37. The standard InChI is InChI=1S/C19H21NO4S/c21-18(22)14-25(23,24)13-12-20-11-10-15-6-4-5-9-17(15)19(20)16-7-2-1-3-8-16/h1-9,19H,10-14H2,(H,21,22). The Morgan fingerprint density at radius 1 is 1.08 bits per heavy atom. The minimum absolute atomic E-state index is 0.00817. The second-order valence-electron chi connectivity index (χ2n) is 6.28. The van der Waals surface area contributed by atoms with Gasteiger partial charge in [0.05, 0.1) is 11.8 Å². The van der Waals surface area contributed by atoms with Crippen molar-refractivity contribution in [1.29, 1.82) is 0 Å². The molecule has 0 aromatic heterocycles. The Bertz CT molecular complexity index is 849. The quantitative estimate of drug-likeness (QED) is 0.855. The molecule has 0 saturated carbocycles. The van der Waals surface area contributed by atoms with Gasteiger partial charge >= 0.3 is 5.97 Å². The van der Waals surface area contributed by atoms with Crippen molar-refractivity contribution in [3.8, 4) is 0 Å². The maximum atomic E-state index is 12.0. The summed E-state index contributed by atoms with van der Waals surface area (Å²) in [4.78, 5) is 12.9. The third kappa shape index (κ3) is 4.27. The van der Waals surface area contributed by atoms with Gasteiger partial charge in [-0.2, -0.15) is 0 Å². The molecular weight excluding hydrogens is 338 g/mol. The Hall–Kier alpha value is -2.18. The molecular formula is C19H21NO4S. The van der Waals surface area contributed by atoms with E-state index in [-0.39, 0.29) is 11.8 Å². The highest BCUT2D eigenvalue weighted by Crippen LogP contribution is 2.34. The van der Waals surface area contributed by atoms with Crippen LogP contribution in [-0.2, 0) is 21.1 Å². The normalized spacial score (nSPS) is 17.8. The number of nitrogens with zero attached hydrogens (tertiary/aromatic N) is 1. The number of rotatable bonds is 6. The Balaban J connectivity index is 1.87. The van der Waals surface area contributed by atoms with Crippen molar-refractivity contribution in [3.05, 3.63) is 71.3 Å². The van der Waals surface area contributed by atoms with Gasteiger partial charge in [0.25, 0.3) is 0 Å². The molecule has 0 bridgehead atoms. The minimum Gasteiger partial charge on any atom is -0.480 e. The van der Waals surface area contributed by atoms with Gasteiger partial charge < -0.3 is 5.11 Å². The molecule has 0 saturated heterocycles. The van der Waals surface area contributed by atoms with E-state index in [1.54, 1.807) is 0 Å². The van der Waals surface area contributed by atoms with Crippen LogP contribution < -0.4 is 0 Å². The number of hydrogen-bond donors (Lipinski definition) is 1. The molecule has 3 rings (SSSR count). The molecule has 0 radical (unpaired) electrons. The fourth-order valence-corrected chi connectivity index (χ4v) is 4.43. The SMILES string of the molecule is O=C(O)CS(=O)(=O)CCN1CCc2ccccc2C1c1ccccc1. The van der Waals surface area contributed by atoms with Gasteiger partial charge in [-0.1, -0.05) is 54.6 Å². The fraction of sp³-hybridized carbons (Fsp3) is 0.316. The number of hydrogen-bond acceptors (Lipinski definition) is 4.